The van der Waals surface area contributed by atoms with Crippen molar-refractivity contribution in [2.75, 3.05) is 13.1 Å². The smallest absolute Gasteiger partial charge is 0.239 e. The first-order valence-electron chi connectivity index (χ1n) is 7.56. The molecule has 118 valence electrons. The molecule has 4 nitrogen and oxygen atoms in total. The van der Waals surface area contributed by atoms with Crippen molar-refractivity contribution in [2.24, 2.45) is 0 Å². The summed E-state index contributed by atoms with van der Waals surface area (Å²) in [5, 5.41) is 10.9. The summed E-state index contributed by atoms with van der Waals surface area (Å²) < 4.78 is 26.0. The predicted octanol–water partition coefficient (Wildman–Crippen LogP) is 3.12. The molecule has 0 unspecified atom stereocenters. The average molecular weight is 314 g/mol. The van der Waals surface area contributed by atoms with E-state index in [1.807, 2.05) is 30.3 Å². The number of H-pyrrole nitrogens is 1. The monoisotopic (exact) mass is 314 g/mol. The van der Waals surface area contributed by atoms with Crippen LogP contribution in [-0.2, 0) is 5.41 Å². The summed E-state index contributed by atoms with van der Waals surface area (Å²) in [5.74, 6) is 0. The number of halogens is 2. The second-order valence-electron chi connectivity index (χ2n) is 6.05. The molecule has 1 saturated heterocycles. The van der Waals surface area contributed by atoms with Gasteiger partial charge in [0.05, 0.1) is 6.20 Å². The second-order valence-corrected chi connectivity index (χ2v) is 6.05. The van der Waals surface area contributed by atoms with Gasteiger partial charge in [-0.1, -0.05) is 24.3 Å². The zero-order chi connectivity index (χ0) is 15.9. The molecule has 3 heterocycles. The highest BCUT2D eigenvalue weighted by Gasteiger charge is 2.41. The molecule has 4 rings (SSSR count). The summed E-state index contributed by atoms with van der Waals surface area (Å²) in [5.41, 5.74) is 3.22. The highest BCUT2D eigenvalue weighted by Crippen LogP contribution is 2.37. The molecule has 2 aromatic heterocycles. The molecular formula is C17H16F2N4. The van der Waals surface area contributed by atoms with Crippen LogP contribution in [0.25, 0.3) is 22.2 Å². The molecule has 23 heavy (non-hydrogen) atoms. The fourth-order valence-electron chi connectivity index (χ4n) is 3.31. The van der Waals surface area contributed by atoms with Gasteiger partial charge in [-0.05, 0) is 22.8 Å². The molecule has 1 fully saturated rings. The van der Waals surface area contributed by atoms with Crippen LogP contribution in [0, 0.1) is 0 Å². The first-order valence-corrected chi connectivity index (χ1v) is 7.56. The lowest BCUT2D eigenvalue weighted by Gasteiger charge is -2.43. The molecule has 0 atom stereocenters. The molecule has 0 saturated carbocycles. The van der Waals surface area contributed by atoms with Crippen LogP contribution in [0.5, 0.6) is 0 Å². The number of hydrogen-bond acceptors (Lipinski definition) is 3. The third-order valence-corrected chi connectivity index (χ3v) is 4.61. The van der Waals surface area contributed by atoms with Gasteiger partial charge in [0.1, 0.15) is 0 Å². The van der Waals surface area contributed by atoms with E-state index in [1.54, 1.807) is 12.4 Å². The minimum absolute atomic E-state index is 0.110. The Labute approximate surface area is 131 Å². The molecule has 0 amide bonds. The number of fused-ring (bicyclic) bond motifs is 1. The fraction of sp³-hybridized carbons (Fsp3) is 0.294. The van der Waals surface area contributed by atoms with Crippen LogP contribution in [0.4, 0.5) is 8.78 Å². The highest BCUT2D eigenvalue weighted by molar-refractivity contribution is 5.92. The topological polar surface area (TPSA) is 53.6 Å². The van der Waals surface area contributed by atoms with Gasteiger partial charge in [0, 0.05) is 36.5 Å². The number of rotatable bonds is 4. The Morgan fingerprint density at radius 1 is 1.22 bits per heavy atom. The summed E-state index contributed by atoms with van der Waals surface area (Å²) in [4.78, 5) is 4.24. The van der Waals surface area contributed by atoms with Crippen molar-refractivity contribution in [3.8, 4) is 11.1 Å². The summed E-state index contributed by atoms with van der Waals surface area (Å²) in [6, 6.07) is 9.82. The van der Waals surface area contributed by atoms with E-state index in [1.165, 1.54) is 0 Å². The first kappa shape index (κ1) is 14.3. The molecule has 1 aromatic carbocycles. The van der Waals surface area contributed by atoms with Gasteiger partial charge < -0.3 is 5.32 Å². The Kier molecular flexibility index (Phi) is 3.34. The minimum atomic E-state index is -2.30. The SMILES string of the molecule is FC(F)CC1(c2cccc(-c3ccnc4[nH]ncc34)c2)CNC1. The molecule has 3 aromatic rings. The number of benzene rings is 1. The van der Waals surface area contributed by atoms with E-state index in [9.17, 15) is 8.78 Å². The van der Waals surface area contributed by atoms with Gasteiger partial charge in [0.25, 0.3) is 0 Å². The molecule has 0 aliphatic carbocycles. The lowest BCUT2D eigenvalue weighted by atomic mass is 9.72. The van der Waals surface area contributed by atoms with Crippen LogP contribution >= 0.6 is 0 Å². The van der Waals surface area contributed by atoms with E-state index in [0.29, 0.717) is 13.1 Å². The van der Waals surface area contributed by atoms with E-state index in [-0.39, 0.29) is 6.42 Å². The molecule has 1 aliphatic rings. The second kappa shape index (κ2) is 5.38. The molecule has 1 aliphatic heterocycles. The van der Waals surface area contributed by atoms with Gasteiger partial charge in [-0.2, -0.15) is 5.10 Å². The van der Waals surface area contributed by atoms with Crippen LogP contribution < -0.4 is 5.32 Å². The van der Waals surface area contributed by atoms with Gasteiger partial charge in [-0.3, -0.25) is 5.10 Å². The maximum absolute atomic E-state index is 13.0. The summed E-state index contributed by atoms with van der Waals surface area (Å²) >= 11 is 0. The van der Waals surface area contributed by atoms with Crippen molar-refractivity contribution >= 4 is 11.0 Å². The minimum Gasteiger partial charge on any atom is -0.315 e. The predicted molar refractivity (Wildman–Crippen MR) is 84.5 cm³/mol. The number of alkyl halides is 2. The van der Waals surface area contributed by atoms with Crippen LogP contribution in [-0.4, -0.2) is 34.7 Å². The van der Waals surface area contributed by atoms with Crippen LogP contribution in [0.15, 0.2) is 42.7 Å². The van der Waals surface area contributed by atoms with Crippen molar-refractivity contribution in [1.29, 1.82) is 0 Å². The maximum atomic E-state index is 13.0. The van der Waals surface area contributed by atoms with Crippen molar-refractivity contribution in [3.05, 3.63) is 48.3 Å². The van der Waals surface area contributed by atoms with E-state index < -0.39 is 11.8 Å². The molecule has 6 heteroatoms. The maximum Gasteiger partial charge on any atom is 0.239 e. The Morgan fingerprint density at radius 2 is 2.09 bits per heavy atom. The number of aromatic nitrogens is 3. The molecule has 2 N–H and O–H groups in total. The lowest BCUT2D eigenvalue weighted by Crippen LogP contribution is -2.57. The van der Waals surface area contributed by atoms with Gasteiger partial charge in [-0.25, -0.2) is 13.8 Å². The number of aromatic amines is 1. The normalized spacial score (nSPS) is 16.7. The average Bonchev–Trinajstić information content (AvgIpc) is 2.99. The number of pyridine rings is 1. The van der Waals surface area contributed by atoms with Gasteiger partial charge >= 0.3 is 0 Å². The third kappa shape index (κ3) is 2.39. The summed E-state index contributed by atoms with van der Waals surface area (Å²) in [6.45, 7) is 1.19. The first-order chi connectivity index (χ1) is 11.2. The van der Waals surface area contributed by atoms with Crippen molar-refractivity contribution < 1.29 is 8.78 Å². The molecule has 0 radical (unpaired) electrons. The van der Waals surface area contributed by atoms with E-state index in [4.69, 9.17) is 0 Å². The number of nitrogens with one attached hydrogen (secondary N) is 2. The fourth-order valence-corrected chi connectivity index (χ4v) is 3.31. The number of nitrogens with zero attached hydrogens (tertiary/aromatic N) is 2. The van der Waals surface area contributed by atoms with E-state index >= 15 is 0 Å². The van der Waals surface area contributed by atoms with Gasteiger partial charge in [0.15, 0.2) is 5.65 Å². The largest absolute Gasteiger partial charge is 0.315 e. The van der Waals surface area contributed by atoms with E-state index in [2.05, 4.69) is 20.5 Å². The van der Waals surface area contributed by atoms with Crippen molar-refractivity contribution in [3.63, 3.8) is 0 Å². The Bertz CT molecular complexity index is 839. The molecule has 0 bridgehead atoms. The van der Waals surface area contributed by atoms with Crippen LogP contribution in [0.3, 0.4) is 0 Å². The van der Waals surface area contributed by atoms with Crippen molar-refractivity contribution in [2.45, 2.75) is 18.3 Å². The summed E-state index contributed by atoms with van der Waals surface area (Å²) in [7, 11) is 0. The molecular weight excluding hydrogens is 298 g/mol. The Hall–Kier alpha value is -2.34. The third-order valence-electron chi connectivity index (χ3n) is 4.61. The lowest BCUT2D eigenvalue weighted by molar-refractivity contribution is 0.0817. The standard InChI is InChI=1S/C17H16F2N4/c18-15(19)7-17(9-20-10-17)12-3-1-2-11(6-12)13-4-5-21-16-14(13)8-22-23-16/h1-6,8,15,20H,7,9-10H2,(H,21,22,23). The summed E-state index contributed by atoms with van der Waals surface area (Å²) in [6.07, 6.45) is 1.05. The van der Waals surface area contributed by atoms with Crippen molar-refractivity contribution in [1.82, 2.24) is 20.5 Å². The van der Waals surface area contributed by atoms with Gasteiger partial charge in [-0.15, -0.1) is 0 Å². The zero-order valence-corrected chi connectivity index (χ0v) is 12.4. The van der Waals surface area contributed by atoms with Crippen LogP contribution in [0.2, 0.25) is 0 Å². The van der Waals surface area contributed by atoms with E-state index in [0.717, 1.165) is 27.7 Å². The Morgan fingerprint density at radius 3 is 2.83 bits per heavy atom. The number of hydrogen-bond donors (Lipinski definition) is 2. The van der Waals surface area contributed by atoms with Gasteiger partial charge in [0.2, 0.25) is 6.43 Å². The molecule has 0 spiro atoms. The van der Waals surface area contributed by atoms with Crippen LogP contribution in [0.1, 0.15) is 12.0 Å². The Balaban J connectivity index is 1.79. The highest BCUT2D eigenvalue weighted by atomic mass is 19.3. The quantitative estimate of drug-likeness (QED) is 0.778. The zero-order valence-electron chi connectivity index (χ0n) is 12.4.